The standard InChI is InChI=1S/C14H14ClFIN3/c1-14(2,3)11-10(17)12(18)20-13(19-11)7-4-5-8(15)9(16)6-7/h4-6H,1-3H3,(H2,18,19,20). The van der Waals surface area contributed by atoms with Gasteiger partial charge in [-0.25, -0.2) is 14.4 Å². The van der Waals surface area contributed by atoms with Gasteiger partial charge in [-0.15, -0.1) is 0 Å². The van der Waals surface area contributed by atoms with Crippen molar-refractivity contribution in [1.82, 2.24) is 9.97 Å². The first-order chi connectivity index (χ1) is 9.20. The van der Waals surface area contributed by atoms with Gasteiger partial charge >= 0.3 is 0 Å². The number of halogens is 3. The molecule has 0 spiro atoms. The number of anilines is 1. The van der Waals surface area contributed by atoms with Gasteiger partial charge in [-0.1, -0.05) is 32.4 Å². The maximum atomic E-state index is 13.6. The molecule has 0 atom stereocenters. The monoisotopic (exact) mass is 405 g/mol. The average Bonchev–Trinajstić information content (AvgIpc) is 2.34. The molecule has 0 amide bonds. The third-order valence-electron chi connectivity index (χ3n) is 2.77. The Labute approximate surface area is 135 Å². The van der Waals surface area contributed by atoms with Gasteiger partial charge in [0.05, 0.1) is 14.3 Å². The van der Waals surface area contributed by atoms with Crippen LogP contribution in [0.25, 0.3) is 11.4 Å². The van der Waals surface area contributed by atoms with E-state index in [0.717, 1.165) is 9.26 Å². The van der Waals surface area contributed by atoms with Crippen molar-refractivity contribution in [3.8, 4) is 11.4 Å². The SMILES string of the molecule is CC(C)(C)c1nc(-c2ccc(Cl)c(F)c2)nc(N)c1I. The van der Waals surface area contributed by atoms with Crippen LogP contribution in [0, 0.1) is 9.39 Å². The summed E-state index contributed by atoms with van der Waals surface area (Å²) < 4.78 is 14.4. The maximum Gasteiger partial charge on any atom is 0.161 e. The number of rotatable bonds is 1. The van der Waals surface area contributed by atoms with Crippen LogP contribution < -0.4 is 5.73 Å². The lowest BCUT2D eigenvalue weighted by Crippen LogP contribution is -2.18. The molecule has 0 saturated carbocycles. The minimum absolute atomic E-state index is 0.0725. The third kappa shape index (κ3) is 3.03. The van der Waals surface area contributed by atoms with Gasteiger partial charge in [0.25, 0.3) is 0 Å². The summed E-state index contributed by atoms with van der Waals surface area (Å²) in [5.74, 6) is 0.307. The Hall–Kier alpha value is -0.950. The van der Waals surface area contributed by atoms with Crippen LogP contribution >= 0.6 is 34.2 Å². The topological polar surface area (TPSA) is 51.8 Å². The average molecular weight is 406 g/mol. The Morgan fingerprint density at radius 3 is 2.45 bits per heavy atom. The number of benzene rings is 1. The molecule has 2 N–H and O–H groups in total. The van der Waals surface area contributed by atoms with Crippen molar-refractivity contribution in [3.63, 3.8) is 0 Å². The molecule has 2 rings (SSSR count). The molecule has 3 nitrogen and oxygen atoms in total. The van der Waals surface area contributed by atoms with Gasteiger partial charge in [-0.3, -0.25) is 0 Å². The van der Waals surface area contributed by atoms with Gasteiger partial charge in [0.2, 0.25) is 0 Å². The Balaban J connectivity index is 2.63. The van der Waals surface area contributed by atoms with Crippen molar-refractivity contribution in [3.05, 3.63) is 38.3 Å². The summed E-state index contributed by atoms with van der Waals surface area (Å²) in [6.07, 6.45) is 0. The minimum Gasteiger partial charge on any atom is -0.383 e. The zero-order valence-corrected chi connectivity index (χ0v) is 14.3. The summed E-state index contributed by atoms with van der Waals surface area (Å²) in [6.45, 7) is 6.13. The van der Waals surface area contributed by atoms with Crippen LogP contribution in [0.4, 0.5) is 10.2 Å². The molecule has 0 aliphatic carbocycles. The Morgan fingerprint density at radius 1 is 1.25 bits per heavy atom. The van der Waals surface area contributed by atoms with Gasteiger partial charge < -0.3 is 5.73 Å². The number of nitrogens with zero attached hydrogens (tertiary/aromatic N) is 2. The fourth-order valence-corrected chi connectivity index (χ4v) is 2.89. The van der Waals surface area contributed by atoms with Crippen LogP contribution in [0.5, 0.6) is 0 Å². The predicted octanol–water partition coefficient (Wildman–Crippen LogP) is 4.42. The highest BCUT2D eigenvalue weighted by atomic mass is 127. The van der Waals surface area contributed by atoms with Crippen molar-refractivity contribution in [2.24, 2.45) is 0 Å². The molecule has 0 saturated heterocycles. The molecule has 0 unspecified atom stereocenters. The molecule has 2 aromatic rings. The number of nitrogens with two attached hydrogens (primary N) is 1. The van der Waals surface area contributed by atoms with Gasteiger partial charge in [0.1, 0.15) is 11.6 Å². The van der Waals surface area contributed by atoms with E-state index < -0.39 is 5.82 Å². The van der Waals surface area contributed by atoms with E-state index in [1.807, 2.05) is 20.8 Å². The van der Waals surface area contributed by atoms with Crippen LogP contribution in [-0.4, -0.2) is 9.97 Å². The largest absolute Gasteiger partial charge is 0.383 e. The van der Waals surface area contributed by atoms with E-state index in [2.05, 4.69) is 32.6 Å². The minimum atomic E-state index is -0.498. The van der Waals surface area contributed by atoms with Crippen molar-refractivity contribution in [2.75, 3.05) is 5.73 Å². The molecular weight excluding hydrogens is 392 g/mol. The zero-order chi connectivity index (χ0) is 15.1. The molecule has 1 heterocycles. The van der Waals surface area contributed by atoms with Crippen LogP contribution in [-0.2, 0) is 5.41 Å². The maximum absolute atomic E-state index is 13.6. The molecule has 0 aliphatic heterocycles. The number of hydrogen-bond donors (Lipinski definition) is 1. The van der Waals surface area contributed by atoms with Gasteiger partial charge in [-0.2, -0.15) is 0 Å². The molecule has 0 fully saturated rings. The smallest absolute Gasteiger partial charge is 0.161 e. The molecule has 0 aliphatic rings. The summed E-state index contributed by atoms with van der Waals surface area (Å²) in [6, 6.07) is 4.48. The Morgan fingerprint density at radius 2 is 1.90 bits per heavy atom. The Kier molecular flexibility index (Phi) is 4.20. The molecular formula is C14H14ClFIN3. The summed E-state index contributed by atoms with van der Waals surface area (Å²) in [5.41, 5.74) is 7.17. The fourth-order valence-electron chi connectivity index (χ4n) is 1.73. The van der Waals surface area contributed by atoms with E-state index in [4.69, 9.17) is 17.3 Å². The molecule has 6 heteroatoms. The first-order valence-corrected chi connectivity index (χ1v) is 7.44. The lowest BCUT2D eigenvalue weighted by molar-refractivity contribution is 0.564. The van der Waals surface area contributed by atoms with Gasteiger partial charge in [-0.05, 0) is 40.8 Å². The number of hydrogen-bond acceptors (Lipinski definition) is 3. The molecule has 20 heavy (non-hydrogen) atoms. The summed E-state index contributed by atoms with van der Waals surface area (Å²) in [5, 5.41) is 0.0725. The van der Waals surface area contributed by atoms with E-state index in [-0.39, 0.29) is 10.4 Å². The van der Waals surface area contributed by atoms with Crippen LogP contribution in [0.3, 0.4) is 0 Å². The molecule has 0 radical (unpaired) electrons. The van der Waals surface area contributed by atoms with Crippen LogP contribution in [0.15, 0.2) is 18.2 Å². The summed E-state index contributed by atoms with van der Waals surface area (Å²) in [4.78, 5) is 8.77. The summed E-state index contributed by atoms with van der Waals surface area (Å²) >= 11 is 7.82. The van der Waals surface area contributed by atoms with Gasteiger partial charge in [0, 0.05) is 11.0 Å². The fraction of sp³-hybridized carbons (Fsp3) is 0.286. The predicted molar refractivity (Wildman–Crippen MR) is 88.3 cm³/mol. The third-order valence-corrected chi connectivity index (χ3v) is 4.14. The molecule has 106 valence electrons. The van der Waals surface area contributed by atoms with Crippen molar-refractivity contribution < 1.29 is 4.39 Å². The van der Waals surface area contributed by atoms with E-state index in [1.165, 1.54) is 12.1 Å². The summed E-state index contributed by atoms with van der Waals surface area (Å²) in [7, 11) is 0. The van der Waals surface area contributed by atoms with E-state index in [9.17, 15) is 4.39 Å². The Bertz CT molecular complexity index is 668. The molecule has 1 aromatic heterocycles. The second-order valence-electron chi connectivity index (χ2n) is 5.47. The highest BCUT2D eigenvalue weighted by Gasteiger charge is 2.22. The second-order valence-corrected chi connectivity index (χ2v) is 6.96. The van der Waals surface area contributed by atoms with Gasteiger partial charge in [0.15, 0.2) is 5.82 Å². The van der Waals surface area contributed by atoms with Crippen LogP contribution in [0.1, 0.15) is 26.5 Å². The van der Waals surface area contributed by atoms with E-state index >= 15 is 0 Å². The molecule has 1 aromatic carbocycles. The second kappa shape index (κ2) is 5.44. The zero-order valence-electron chi connectivity index (χ0n) is 11.3. The first-order valence-electron chi connectivity index (χ1n) is 5.99. The lowest BCUT2D eigenvalue weighted by atomic mass is 9.92. The van der Waals surface area contributed by atoms with Crippen molar-refractivity contribution in [1.29, 1.82) is 0 Å². The molecule has 0 bridgehead atoms. The van der Waals surface area contributed by atoms with E-state index in [0.29, 0.717) is 17.2 Å². The first kappa shape index (κ1) is 15.4. The highest BCUT2D eigenvalue weighted by molar-refractivity contribution is 14.1. The normalized spacial score (nSPS) is 11.7. The van der Waals surface area contributed by atoms with Crippen molar-refractivity contribution >= 4 is 40.0 Å². The van der Waals surface area contributed by atoms with E-state index in [1.54, 1.807) is 6.07 Å². The lowest BCUT2D eigenvalue weighted by Gasteiger charge is -2.21. The van der Waals surface area contributed by atoms with Crippen molar-refractivity contribution in [2.45, 2.75) is 26.2 Å². The number of nitrogen functional groups attached to an aromatic ring is 1. The quantitative estimate of drug-likeness (QED) is 0.715. The van der Waals surface area contributed by atoms with Crippen LogP contribution in [0.2, 0.25) is 5.02 Å². The highest BCUT2D eigenvalue weighted by Crippen LogP contribution is 2.31. The number of aromatic nitrogens is 2.